The van der Waals surface area contributed by atoms with Crippen molar-refractivity contribution in [3.05, 3.63) is 95.6 Å². The van der Waals surface area contributed by atoms with Gasteiger partial charge >= 0.3 is 0 Å². The van der Waals surface area contributed by atoms with E-state index in [2.05, 4.69) is 71.3 Å². The van der Waals surface area contributed by atoms with E-state index in [-0.39, 0.29) is 6.04 Å². The van der Waals surface area contributed by atoms with E-state index in [0.717, 1.165) is 36.7 Å². The molecule has 0 heterocycles. The molecule has 4 nitrogen and oxygen atoms in total. The lowest BCUT2D eigenvalue weighted by Crippen LogP contribution is -2.30. The second kappa shape index (κ2) is 10.5. The molecule has 0 bridgehead atoms. The minimum absolute atomic E-state index is 0.180. The zero-order chi connectivity index (χ0) is 19.6. The summed E-state index contributed by atoms with van der Waals surface area (Å²) in [5, 5.41) is 7.16. The van der Waals surface area contributed by atoms with Gasteiger partial charge < -0.3 is 20.1 Å². The SMILES string of the molecule is COc1ccc(CNCCNC(c2ccccc2)c2ccccc2)c(OC)c1. The monoisotopic (exact) mass is 376 g/mol. The molecule has 0 aliphatic rings. The summed E-state index contributed by atoms with van der Waals surface area (Å²) in [6, 6.07) is 27.2. The largest absolute Gasteiger partial charge is 0.497 e. The maximum Gasteiger partial charge on any atom is 0.127 e. The first-order valence-electron chi connectivity index (χ1n) is 9.56. The molecule has 28 heavy (non-hydrogen) atoms. The second-order valence-corrected chi connectivity index (χ2v) is 6.56. The molecular formula is C24H28N2O2. The van der Waals surface area contributed by atoms with E-state index >= 15 is 0 Å². The van der Waals surface area contributed by atoms with Gasteiger partial charge in [-0.3, -0.25) is 0 Å². The van der Waals surface area contributed by atoms with E-state index in [4.69, 9.17) is 9.47 Å². The summed E-state index contributed by atoms with van der Waals surface area (Å²) in [5.74, 6) is 1.64. The Morgan fingerprint density at radius 1 is 0.750 bits per heavy atom. The highest BCUT2D eigenvalue weighted by Gasteiger charge is 2.12. The lowest BCUT2D eigenvalue weighted by molar-refractivity contribution is 0.389. The first-order chi connectivity index (χ1) is 13.8. The van der Waals surface area contributed by atoms with Gasteiger partial charge in [-0.25, -0.2) is 0 Å². The molecule has 2 N–H and O–H groups in total. The van der Waals surface area contributed by atoms with Gasteiger partial charge in [-0.05, 0) is 17.2 Å². The molecule has 0 spiro atoms. The van der Waals surface area contributed by atoms with Crippen LogP contribution < -0.4 is 20.1 Å². The minimum atomic E-state index is 0.180. The van der Waals surface area contributed by atoms with Gasteiger partial charge in [0.2, 0.25) is 0 Å². The average Bonchev–Trinajstić information content (AvgIpc) is 2.77. The van der Waals surface area contributed by atoms with Crippen molar-refractivity contribution >= 4 is 0 Å². The highest BCUT2D eigenvalue weighted by Crippen LogP contribution is 2.24. The van der Waals surface area contributed by atoms with Gasteiger partial charge in [0.15, 0.2) is 0 Å². The fourth-order valence-electron chi connectivity index (χ4n) is 3.24. The molecule has 0 aliphatic carbocycles. The van der Waals surface area contributed by atoms with Gasteiger partial charge in [0.1, 0.15) is 11.5 Å². The zero-order valence-electron chi connectivity index (χ0n) is 16.5. The van der Waals surface area contributed by atoms with Crippen molar-refractivity contribution in [1.82, 2.24) is 10.6 Å². The fourth-order valence-corrected chi connectivity index (χ4v) is 3.24. The van der Waals surface area contributed by atoms with Gasteiger partial charge in [0.05, 0.1) is 20.3 Å². The summed E-state index contributed by atoms with van der Waals surface area (Å²) in [7, 11) is 3.35. The van der Waals surface area contributed by atoms with Crippen molar-refractivity contribution in [3.8, 4) is 11.5 Å². The molecule has 3 aromatic carbocycles. The summed E-state index contributed by atoms with van der Waals surface area (Å²) in [6.07, 6.45) is 0. The van der Waals surface area contributed by atoms with Crippen LogP contribution in [-0.4, -0.2) is 27.3 Å². The van der Waals surface area contributed by atoms with Crippen LogP contribution in [0.1, 0.15) is 22.7 Å². The summed E-state index contributed by atoms with van der Waals surface area (Å²) in [6.45, 7) is 2.45. The van der Waals surface area contributed by atoms with Crippen LogP contribution in [0.2, 0.25) is 0 Å². The maximum atomic E-state index is 5.46. The number of hydrogen-bond donors (Lipinski definition) is 2. The minimum Gasteiger partial charge on any atom is -0.497 e. The molecule has 0 aromatic heterocycles. The topological polar surface area (TPSA) is 42.5 Å². The van der Waals surface area contributed by atoms with E-state index in [1.54, 1.807) is 14.2 Å². The molecule has 0 unspecified atom stereocenters. The van der Waals surface area contributed by atoms with Gasteiger partial charge in [-0.2, -0.15) is 0 Å². The number of methoxy groups -OCH3 is 2. The third-order valence-electron chi connectivity index (χ3n) is 4.73. The van der Waals surface area contributed by atoms with Crippen molar-refractivity contribution in [3.63, 3.8) is 0 Å². The Bertz CT molecular complexity index is 798. The number of rotatable bonds is 10. The van der Waals surface area contributed by atoms with E-state index in [1.807, 2.05) is 18.2 Å². The summed E-state index contributed by atoms with van der Waals surface area (Å²) in [5.41, 5.74) is 3.65. The molecule has 3 aromatic rings. The lowest BCUT2D eigenvalue weighted by atomic mass is 9.99. The Labute approximate surface area is 167 Å². The van der Waals surface area contributed by atoms with Crippen molar-refractivity contribution < 1.29 is 9.47 Å². The van der Waals surface area contributed by atoms with E-state index in [9.17, 15) is 0 Å². The molecule has 0 amide bonds. The Morgan fingerprint density at radius 3 is 1.96 bits per heavy atom. The van der Waals surface area contributed by atoms with Crippen molar-refractivity contribution in [2.45, 2.75) is 12.6 Å². The Morgan fingerprint density at radius 2 is 1.39 bits per heavy atom. The third kappa shape index (κ3) is 5.35. The molecule has 0 radical (unpaired) electrons. The zero-order valence-corrected chi connectivity index (χ0v) is 16.5. The third-order valence-corrected chi connectivity index (χ3v) is 4.73. The van der Waals surface area contributed by atoms with Crippen LogP contribution in [0.5, 0.6) is 11.5 Å². The van der Waals surface area contributed by atoms with Crippen LogP contribution in [0.25, 0.3) is 0 Å². The first kappa shape index (κ1) is 19.9. The van der Waals surface area contributed by atoms with E-state index in [1.165, 1.54) is 11.1 Å². The van der Waals surface area contributed by atoms with Gasteiger partial charge in [0, 0.05) is 31.3 Å². The highest BCUT2D eigenvalue weighted by molar-refractivity contribution is 5.40. The molecular weight excluding hydrogens is 348 g/mol. The van der Waals surface area contributed by atoms with E-state index < -0.39 is 0 Å². The molecule has 0 saturated carbocycles. The Balaban J connectivity index is 1.55. The normalized spacial score (nSPS) is 10.8. The highest BCUT2D eigenvalue weighted by atomic mass is 16.5. The Kier molecular flexibility index (Phi) is 7.47. The smallest absolute Gasteiger partial charge is 0.127 e. The van der Waals surface area contributed by atoms with Crippen LogP contribution in [0.15, 0.2) is 78.9 Å². The van der Waals surface area contributed by atoms with Crippen LogP contribution in [0.3, 0.4) is 0 Å². The van der Waals surface area contributed by atoms with Crippen LogP contribution in [-0.2, 0) is 6.54 Å². The van der Waals surface area contributed by atoms with Gasteiger partial charge in [0.25, 0.3) is 0 Å². The molecule has 0 atom stereocenters. The number of benzene rings is 3. The molecule has 4 heteroatoms. The van der Waals surface area contributed by atoms with Crippen LogP contribution >= 0.6 is 0 Å². The maximum absolute atomic E-state index is 5.46. The summed E-state index contributed by atoms with van der Waals surface area (Å²) < 4.78 is 10.7. The van der Waals surface area contributed by atoms with Gasteiger partial charge in [-0.15, -0.1) is 0 Å². The predicted octanol–water partition coefficient (Wildman–Crippen LogP) is 4.17. The predicted molar refractivity (Wildman–Crippen MR) is 114 cm³/mol. The first-order valence-corrected chi connectivity index (χ1v) is 9.56. The van der Waals surface area contributed by atoms with Crippen molar-refractivity contribution in [2.75, 3.05) is 27.3 Å². The lowest BCUT2D eigenvalue weighted by Gasteiger charge is -2.20. The van der Waals surface area contributed by atoms with Crippen molar-refractivity contribution in [2.24, 2.45) is 0 Å². The second-order valence-electron chi connectivity index (χ2n) is 6.56. The fraction of sp³-hybridized carbons (Fsp3) is 0.250. The summed E-state index contributed by atoms with van der Waals surface area (Å²) in [4.78, 5) is 0. The molecule has 0 saturated heterocycles. The molecule has 0 aliphatic heterocycles. The number of ether oxygens (including phenoxy) is 2. The number of hydrogen-bond acceptors (Lipinski definition) is 4. The van der Waals surface area contributed by atoms with Crippen LogP contribution in [0, 0.1) is 0 Å². The standard InChI is InChI=1S/C24H28N2O2/c1-27-22-14-13-21(23(17-22)28-2)18-25-15-16-26-24(19-9-5-3-6-10-19)20-11-7-4-8-12-20/h3-14,17,24-26H,15-16,18H2,1-2H3. The molecule has 3 rings (SSSR count). The van der Waals surface area contributed by atoms with Gasteiger partial charge in [-0.1, -0.05) is 66.7 Å². The quantitative estimate of drug-likeness (QED) is 0.521. The number of nitrogens with one attached hydrogen (secondary N) is 2. The average molecular weight is 377 g/mol. The molecule has 0 fully saturated rings. The Hall–Kier alpha value is -2.82. The van der Waals surface area contributed by atoms with Crippen LogP contribution in [0.4, 0.5) is 0 Å². The van der Waals surface area contributed by atoms with Crippen molar-refractivity contribution in [1.29, 1.82) is 0 Å². The van der Waals surface area contributed by atoms with E-state index in [0.29, 0.717) is 0 Å². The molecule has 146 valence electrons. The summed E-state index contributed by atoms with van der Waals surface area (Å²) >= 11 is 0.